The highest BCUT2D eigenvalue weighted by Gasteiger charge is 2.18. The van der Waals surface area contributed by atoms with E-state index in [0.29, 0.717) is 19.0 Å². The number of hydrogen-bond acceptors (Lipinski definition) is 4. The zero-order valence-electron chi connectivity index (χ0n) is 15.0. The molecule has 1 aliphatic rings. The van der Waals surface area contributed by atoms with Crippen LogP contribution in [0.4, 0.5) is 0 Å². The van der Waals surface area contributed by atoms with Gasteiger partial charge in [-0.25, -0.2) is 0 Å². The number of carbonyl (C=O) groups is 1. The minimum atomic E-state index is -0.264. The van der Waals surface area contributed by atoms with Crippen LogP contribution in [0.5, 0.6) is 0 Å². The smallest absolute Gasteiger partial charge is 0.236 e. The molecule has 1 amide bonds. The number of fused-ring (bicyclic) bond motifs is 1. The van der Waals surface area contributed by atoms with E-state index in [2.05, 4.69) is 44.5 Å². The highest BCUT2D eigenvalue weighted by Crippen LogP contribution is 2.14. The molecule has 1 aromatic heterocycles. The van der Waals surface area contributed by atoms with Crippen LogP contribution in [0.15, 0.2) is 30.3 Å². The summed E-state index contributed by atoms with van der Waals surface area (Å²) in [5, 5.41) is 14.8. The second-order valence-electron chi connectivity index (χ2n) is 6.80. The van der Waals surface area contributed by atoms with Crippen LogP contribution in [-0.2, 0) is 24.3 Å². The van der Waals surface area contributed by atoms with E-state index in [1.165, 1.54) is 18.4 Å². The van der Waals surface area contributed by atoms with Crippen molar-refractivity contribution in [2.45, 2.75) is 58.2 Å². The largest absolute Gasteiger partial charge is 0.354 e. The molecule has 0 aliphatic carbocycles. The Kier molecular flexibility index (Phi) is 5.81. The average molecular weight is 341 g/mol. The summed E-state index contributed by atoms with van der Waals surface area (Å²) in [6.45, 7) is 6.19. The summed E-state index contributed by atoms with van der Waals surface area (Å²) < 4.78 is 2.18. The van der Waals surface area contributed by atoms with Crippen LogP contribution < -0.4 is 10.6 Å². The Morgan fingerprint density at radius 3 is 2.80 bits per heavy atom. The van der Waals surface area contributed by atoms with Crippen molar-refractivity contribution in [2.75, 3.05) is 6.54 Å². The average Bonchev–Trinajstić information content (AvgIpc) is 3.07. The highest BCUT2D eigenvalue weighted by atomic mass is 16.2. The predicted octanol–water partition coefficient (Wildman–Crippen LogP) is 2.01. The van der Waals surface area contributed by atoms with Crippen LogP contribution in [0.2, 0.25) is 0 Å². The summed E-state index contributed by atoms with van der Waals surface area (Å²) in [5.74, 6) is 2.30. The molecule has 0 bridgehead atoms. The SMILES string of the molecule is C[C@H](NCc1nnc2n1CCCC2)C(=O)NC[C@@H](C)c1ccccc1. The van der Waals surface area contributed by atoms with E-state index < -0.39 is 0 Å². The van der Waals surface area contributed by atoms with E-state index in [1.54, 1.807) is 0 Å². The molecule has 6 nitrogen and oxygen atoms in total. The van der Waals surface area contributed by atoms with Gasteiger partial charge in [0.2, 0.25) is 5.91 Å². The van der Waals surface area contributed by atoms with Crippen molar-refractivity contribution in [3.05, 3.63) is 47.5 Å². The van der Waals surface area contributed by atoms with E-state index in [4.69, 9.17) is 0 Å². The molecule has 25 heavy (non-hydrogen) atoms. The number of benzene rings is 1. The molecule has 1 aromatic carbocycles. The second-order valence-corrected chi connectivity index (χ2v) is 6.80. The fourth-order valence-electron chi connectivity index (χ4n) is 3.14. The topological polar surface area (TPSA) is 71.8 Å². The van der Waals surface area contributed by atoms with E-state index in [-0.39, 0.29) is 11.9 Å². The quantitative estimate of drug-likeness (QED) is 0.808. The van der Waals surface area contributed by atoms with E-state index in [9.17, 15) is 4.79 Å². The minimum absolute atomic E-state index is 0.0150. The van der Waals surface area contributed by atoms with Gasteiger partial charge in [-0.05, 0) is 31.2 Å². The third kappa shape index (κ3) is 4.45. The maximum atomic E-state index is 12.3. The second kappa shape index (κ2) is 8.25. The van der Waals surface area contributed by atoms with Crippen LogP contribution in [0.1, 0.15) is 49.8 Å². The summed E-state index contributed by atoms with van der Waals surface area (Å²) in [6.07, 6.45) is 3.36. The molecule has 0 radical (unpaired) electrons. The van der Waals surface area contributed by atoms with Gasteiger partial charge in [-0.15, -0.1) is 10.2 Å². The molecule has 2 N–H and O–H groups in total. The Hall–Kier alpha value is -2.21. The first-order valence-corrected chi connectivity index (χ1v) is 9.12. The Labute approximate surface area is 149 Å². The summed E-state index contributed by atoms with van der Waals surface area (Å²) in [7, 11) is 0. The molecule has 2 atom stereocenters. The number of nitrogens with zero attached hydrogens (tertiary/aromatic N) is 3. The van der Waals surface area contributed by atoms with Gasteiger partial charge in [0.25, 0.3) is 0 Å². The summed E-state index contributed by atoms with van der Waals surface area (Å²) >= 11 is 0. The monoisotopic (exact) mass is 341 g/mol. The van der Waals surface area contributed by atoms with Crippen LogP contribution in [0, 0.1) is 0 Å². The first kappa shape index (κ1) is 17.6. The molecule has 3 rings (SSSR count). The Balaban J connectivity index is 1.46. The molecule has 134 valence electrons. The summed E-state index contributed by atoms with van der Waals surface area (Å²) in [6, 6.07) is 9.97. The Morgan fingerprint density at radius 2 is 2.00 bits per heavy atom. The van der Waals surface area contributed by atoms with Crippen molar-refractivity contribution in [2.24, 2.45) is 0 Å². The summed E-state index contributed by atoms with van der Waals surface area (Å²) in [5.41, 5.74) is 1.23. The molecule has 0 spiro atoms. The molecule has 6 heteroatoms. The maximum absolute atomic E-state index is 12.3. The fourth-order valence-corrected chi connectivity index (χ4v) is 3.14. The van der Waals surface area contributed by atoms with Crippen molar-refractivity contribution in [3.63, 3.8) is 0 Å². The standard InChI is InChI=1S/C19H27N5O/c1-14(16-8-4-3-5-9-16)12-21-19(25)15(2)20-13-18-23-22-17-10-6-7-11-24(17)18/h3-5,8-9,14-15,20H,6-7,10-13H2,1-2H3,(H,21,25)/t14-,15+/m1/s1. The van der Waals surface area contributed by atoms with Gasteiger partial charge >= 0.3 is 0 Å². The normalized spacial score (nSPS) is 16.1. The van der Waals surface area contributed by atoms with Gasteiger partial charge in [-0.3, -0.25) is 10.1 Å². The van der Waals surface area contributed by atoms with Crippen molar-refractivity contribution in [1.82, 2.24) is 25.4 Å². The maximum Gasteiger partial charge on any atom is 0.236 e. The van der Waals surface area contributed by atoms with Crippen molar-refractivity contribution < 1.29 is 4.79 Å². The molecule has 0 saturated carbocycles. The lowest BCUT2D eigenvalue weighted by molar-refractivity contribution is -0.122. The number of nitrogens with one attached hydrogen (secondary N) is 2. The molecule has 0 fully saturated rings. The van der Waals surface area contributed by atoms with Crippen LogP contribution >= 0.6 is 0 Å². The Morgan fingerprint density at radius 1 is 1.20 bits per heavy atom. The van der Waals surface area contributed by atoms with Crippen molar-refractivity contribution >= 4 is 5.91 Å². The van der Waals surface area contributed by atoms with Gasteiger partial charge in [0.1, 0.15) is 11.6 Å². The number of amides is 1. The zero-order chi connectivity index (χ0) is 17.6. The van der Waals surface area contributed by atoms with Crippen molar-refractivity contribution in [3.8, 4) is 0 Å². The van der Waals surface area contributed by atoms with Gasteiger partial charge < -0.3 is 9.88 Å². The van der Waals surface area contributed by atoms with Crippen LogP contribution in [-0.4, -0.2) is 33.3 Å². The first-order valence-electron chi connectivity index (χ1n) is 9.12. The van der Waals surface area contributed by atoms with Gasteiger partial charge in [-0.2, -0.15) is 0 Å². The molecule has 2 aromatic rings. The third-order valence-electron chi connectivity index (χ3n) is 4.85. The lowest BCUT2D eigenvalue weighted by atomic mass is 10.0. The number of aromatic nitrogens is 3. The van der Waals surface area contributed by atoms with Gasteiger partial charge in [0.15, 0.2) is 0 Å². The van der Waals surface area contributed by atoms with Crippen molar-refractivity contribution in [1.29, 1.82) is 0 Å². The number of aryl methyl sites for hydroxylation is 1. The highest BCUT2D eigenvalue weighted by molar-refractivity contribution is 5.81. The van der Waals surface area contributed by atoms with E-state index >= 15 is 0 Å². The van der Waals surface area contributed by atoms with E-state index in [0.717, 1.165) is 24.6 Å². The van der Waals surface area contributed by atoms with Crippen LogP contribution in [0.25, 0.3) is 0 Å². The molecule has 1 aliphatic heterocycles. The fraction of sp³-hybridized carbons (Fsp3) is 0.526. The first-order chi connectivity index (χ1) is 12.1. The summed E-state index contributed by atoms with van der Waals surface area (Å²) in [4.78, 5) is 12.3. The Bertz CT molecular complexity index is 697. The number of carbonyl (C=O) groups excluding carboxylic acids is 1. The number of hydrogen-bond donors (Lipinski definition) is 2. The van der Waals surface area contributed by atoms with E-state index in [1.807, 2.05) is 25.1 Å². The number of rotatable bonds is 7. The van der Waals surface area contributed by atoms with Gasteiger partial charge in [0, 0.05) is 19.5 Å². The minimum Gasteiger partial charge on any atom is -0.354 e. The molecule has 0 unspecified atom stereocenters. The predicted molar refractivity (Wildman–Crippen MR) is 97.1 cm³/mol. The van der Waals surface area contributed by atoms with Gasteiger partial charge in [0.05, 0.1) is 12.6 Å². The zero-order valence-corrected chi connectivity index (χ0v) is 15.0. The lowest BCUT2D eigenvalue weighted by Crippen LogP contribution is -2.43. The van der Waals surface area contributed by atoms with Crippen LogP contribution in [0.3, 0.4) is 0 Å². The molecule has 0 saturated heterocycles. The van der Waals surface area contributed by atoms with Gasteiger partial charge in [-0.1, -0.05) is 37.3 Å². The lowest BCUT2D eigenvalue weighted by Gasteiger charge is -2.18. The molecular formula is C19H27N5O. The molecular weight excluding hydrogens is 314 g/mol. The third-order valence-corrected chi connectivity index (χ3v) is 4.85. The molecule has 2 heterocycles.